The maximum atomic E-state index is 5.57. The maximum Gasteiger partial charge on any atom is 0.0736 e. The summed E-state index contributed by atoms with van der Waals surface area (Å²) in [5.74, 6) is 0. The highest BCUT2D eigenvalue weighted by molar-refractivity contribution is 5.54. The molecule has 0 saturated heterocycles. The van der Waals surface area contributed by atoms with E-state index in [0.29, 0.717) is 12.6 Å². The van der Waals surface area contributed by atoms with E-state index in [9.17, 15) is 0 Å². The van der Waals surface area contributed by atoms with Gasteiger partial charge in [0.05, 0.1) is 12.6 Å². The summed E-state index contributed by atoms with van der Waals surface area (Å²) in [6.45, 7) is 5.62. The lowest BCUT2D eigenvalue weighted by Gasteiger charge is -2.19. The molecule has 0 fully saturated rings. The Hall–Kier alpha value is -1.80. The van der Waals surface area contributed by atoms with E-state index in [0.717, 1.165) is 6.61 Å². The van der Waals surface area contributed by atoms with Gasteiger partial charge in [0.1, 0.15) is 0 Å². The van der Waals surface area contributed by atoms with Gasteiger partial charge >= 0.3 is 0 Å². The Labute approximate surface area is 127 Å². The SMILES string of the molecule is CCOCc1ccccc1NC1CCc2ccc(C)cc21. The first kappa shape index (κ1) is 14.2. The molecule has 1 unspecified atom stereocenters. The molecule has 3 rings (SSSR count). The summed E-state index contributed by atoms with van der Waals surface area (Å²) < 4.78 is 5.57. The van der Waals surface area contributed by atoms with Crippen LogP contribution in [-0.4, -0.2) is 6.61 Å². The van der Waals surface area contributed by atoms with Gasteiger partial charge in [0.25, 0.3) is 0 Å². The number of ether oxygens (including phenoxy) is 1. The second-order valence-electron chi connectivity index (χ2n) is 5.73. The Bertz CT molecular complexity index is 621. The van der Waals surface area contributed by atoms with Crippen molar-refractivity contribution >= 4 is 5.69 Å². The van der Waals surface area contributed by atoms with E-state index in [1.807, 2.05) is 6.92 Å². The van der Waals surface area contributed by atoms with Gasteiger partial charge in [-0.1, -0.05) is 42.0 Å². The lowest BCUT2D eigenvalue weighted by molar-refractivity contribution is 0.134. The predicted octanol–water partition coefficient (Wildman–Crippen LogP) is 4.63. The van der Waals surface area contributed by atoms with Crippen LogP contribution in [0.2, 0.25) is 0 Å². The number of nitrogens with one attached hydrogen (secondary N) is 1. The first-order chi connectivity index (χ1) is 10.3. The number of benzene rings is 2. The van der Waals surface area contributed by atoms with E-state index in [1.165, 1.54) is 40.8 Å². The Morgan fingerprint density at radius 3 is 2.90 bits per heavy atom. The molecule has 2 nitrogen and oxygen atoms in total. The third kappa shape index (κ3) is 3.11. The van der Waals surface area contributed by atoms with Crippen LogP contribution in [0.5, 0.6) is 0 Å². The van der Waals surface area contributed by atoms with Gasteiger partial charge in [-0.05, 0) is 43.9 Å². The van der Waals surface area contributed by atoms with Crippen molar-refractivity contribution in [1.29, 1.82) is 0 Å². The molecule has 2 aromatic rings. The summed E-state index contributed by atoms with van der Waals surface area (Å²) in [6, 6.07) is 15.7. The fourth-order valence-electron chi connectivity index (χ4n) is 3.06. The second kappa shape index (κ2) is 6.31. The average Bonchev–Trinajstić information content (AvgIpc) is 2.89. The van der Waals surface area contributed by atoms with Gasteiger partial charge in [-0.15, -0.1) is 0 Å². The van der Waals surface area contributed by atoms with Crippen molar-refractivity contribution < 1.29 is 4.74 Å². The van der Waals surface area contributed by atoms with E-state index in [-0.39, 0.29) is 0 Å². The Morgan fingerprint density at radius 2 is 2.05 bits per heavy atom. The van der Waals surface area contributed by atoms with Crippen LogP contribution in [0.3, 0.4) is 0 Å². The minimum atomic E-state index is 0.419. The summed E-state index contributed by atoms with van der Waals surface area (Å²) in [6.07, 6.45) is 2.34. The highest BCUT2D eigenvalue weighted by Crippen LogP contribution is 2.35. The zero-order chi connectivity index (χ0) is 14.7. The third-order valence-corrected chi connectivity index (χ3v) is 4.19. The van der Waals surface area contributed by atoms with Crippen molar-refractivity contribution in [3.8, 4) is 0 Å². The first-order valence-electron chi connectivity index (χ1n) is 7.79. The van der Waals surface area contributed by atoms with Crippen molar-refractivity contribution in [3.05, 3.63) is 64.7 Å². The van der Waals surface area contributed by atoms with Gasteiger partial charge in [0.15, 0.2) is 0 Å². The number of rotatable bonds is 5. The number of para-hydroxylation sites is 1. The second-order valence-corrected chi connectivity index (χ2v) is 5.73. The zero-order valence-electron chi connectivity index (χ0n) is 12.9. The molecule has 0 amide bonds. The van der Waals surface area contributed by atoms with Gasteiger partial charge < -0.3 is 10.1 Å². The van der Waals surface area contributed by atoms with Crippen LogP contribution in [0.15, 0.2) is 42.5 Å². The van der Waals surface area contributed by atoms with Crippen LogP contribution in [0.25, 0.3) is 0 Å². The molecule has 0 heterocycles. The lowest BCUT2D eigenvalue weighted by Crippen LogP contribution is -2.09. The summed E-state index contributed by atoms with van der Waals surface area (Å²) in [4.78, 5) is 0. The monoisotopic (exact) mass is 281 g/mol. The molecule has 0 saturated carbocycles. The van der Waals surface area contributed by atoms with Crippen LogP contribution in [0.4, 0.5) is 5.69 Å². The minimum absolute atomic E-state index is 0.419. The van der Waals surface area contributed by atoms with E-state index >= 15 is 0 Å². The normalized spacial score (nSPS) is 16.8. The Kier molecular flexibility index (Phi) is 4.26. The standard InChI is InChI=1S/C19H23NO/c1-3-21-13-16-6-4-5-7-18(16)20-19-11-10-15-9-8-14(2)12-17(15)19/h4-9,12,19-20H,3,10-11,13H2,1-2H3. The molecule has 0 spiro atoms. The first-order valence-corrected chi connectivity index (χ1v) is 7.79. The molecule has 0 radical (unpaired) electrons. The van der Waals surface area contributed by atoms with Gasteiger partial charge in [-0.2, -0.15) is 0 Å². The molecule has 0 aliphatic heterocycles. The molecule has 1 N–H and O–H groups in total. The number of fused-ring (bicyclic) bond motifs is 1. The van der Waals surface area contributed by atoms with E-state index in [2.05, 4.69) is 54.7 Å². The number of hydrogen-bond acceptors (Lipinski definition) is 2. The quantitative estimate of drug-likeness (QED) is 0.862. The van der Waals surface area contributed by atoms with Gasteiger partial charge in [0.2, 0.25) is 0 Å². The van der Waals surface area contributed by atoms with Crippen LogP contribution >= 0.6 is 0 Å². The molecule has 2 aromatic carbocycles. The van der Waals surface area contributed by atoms with Crippen molar-refractivity contribution in [2.75, 3.05) is 11.9 Å². The molecule has 0 bridgehead atoms. The number of aryl methyl sites for hydroxylation is 2. The fourth-order valence-corrected chi connectivity index (χ4v) is 3.06. The number of anilines is 1. The lowest BCUT2D eigenvalue weighted by atomic mass is 10.0. The molecule has 110 valence electrons. The summed E-state index contributed by atoms with van der Waals surface area (Å²) in [5.41, 5.74) is 6.72. The largest absolute Gasteiger partial charge is 0.378 e. The molecule has 1 atom stereocenters. The van der Waals surface area contributed by atoms with E-state index in [1.54, 1.807) is 0 Å². The van der Waals surface area contributed by atoms with Gasteiger partial charge in [0, 0.05) is 17.9 Å². The molecule has 1 aliphatic rings. The summed E-state index contributed by atoms with van der Waals surface area (Å²) in [5, 5.41) is 3.72. The van der Waals surface area contributed by atoms with Gasteiger partial charge in [-0.3, -0.25) is 0 Å². The zero-order valence-corrected chi connectivity index (χ0v) is 12.9. The average molecular weight is 281 g/mol. The third-order valence-electron chi connectivity index (χ3n) is 4.19. The van der Waals surface area contributed by atoms with Crippen molar-refractivity contribution in [3.63, 3.8) is 0 Å². The molecule has 1 aliphatic carbocycles. The van der Waals surface area contributed by atoms with Crippen molar-refractivity contribution in [2.24, 2.45) is 0 Å². The van der Waals surface area contributed by atoms with Gasteiger partial charge in [-0.25, -0.2) is 0 Å². The Morgan fingerprint density at radius 1 is 1.19 bits per heavy atom. The maximum absolute atomic E-state index is 5.57. The smallest absolute Gasteiger partial charge is 0.0736 e. The highest BCUT2D eigenvalue weighted by Gasteiger charge is 2.22. The van der Waals surface area contributed by atoms with Crippen LogP contribution in [-0.2, 0) is 17.8 Å². The number of hydrogen-bond donors (Lipinski definition) is 1. The van der Waals surface area contributed by atoms with Crippen LogP contribution in [0.1, 0.15) is 41.6 Å². The molecular formula is C19H23NO. The van der Waals surface area contributed by atoms with Crippen LogP contribution < -0.4 is 5.32 Å². The molecular weight excluding hydrogens is 258 g/mol. The summed E-state index contributed by atoms with van der Waals surface area (Å²) in [7, 11) is 0. The molecule has 2 heteroatoms. The van der Waals surface area contributed by atoms with E-state index in [4.69, 9.17) is 4.74 Å². The Balaban J connectivity index is 1.81. The highest BCUT2D eigenvalue weighted by atomic mass is 16.5. The minimum Gasteiger partial charge on any atom is -0.378 e. The van der Waals surface area contributed by atoms with Crippen molar-refractivity contribution in [2.45, 2.75) is 39.3 Å². The van der Waals surface area contributed by atoms with Crippen LogP contribution in [0, 0.1) is 6.92 Å². The predicted molar refractivity (Wildman–Crippen MR) is 87.6 cm³/mol. The fraction of sp³-hybridized carbons (Fsp3) is 0.368. The summed E-state index contributed by atoms with van der Waals surface area (Å²) >= 11 is 0. The molecule has 21 heavy (non-hydrogen) atoms. The van der Waals surface area contributed by atoms with E-state index < -0.39 is 0 Å². The van der Waals surface area contributed by atoms with Crippen molar-refractivity contribution in [1.82, 2.24) is 0 Å². The molecule has 0 aromatic heterocycles. The topological polar surface area (TPSA) is 21.3 Å².